The Labute approximate surface area is 182 Å². The lowest BCUT2D eigenvalue weighted by Crippen LogP contribution is -2.42. The number of halogens is 1. The number of H-pyrrole nitrogens is 1. The molecule has 0 unspecified atom stereocenters. The molecule has 2 amide bonds. The van der Waals surface area contributed by atoms with Crippen molar-refractivity contribution < 1.29 is 14.0 Å². The van der Waals surface area contributed by atoms with E-state index in [1.165, 1.54) is 18.2 Å². The van der Waals surface area contributed by atoms with Crippen molar-refractivity contribution in [3.05, 3.63) is 95.3 Å². The number of carbonyl (C=O) groups excluding carboxylic acids is 2. The molecule has 0 atom stereocenters. The van der Waals surface area contributed by atoms with Crippen LogP contribution in [0, 0.1) is 5.82 Å². The topological polar surface area (TPSA) is 86.9 Å². The molecule has 0 spiro atoms. The van der Waals surface area contributed by atoms with Gasteiger partial charge in [-0.3, -0.25) is 20.4 Å². The van der Waals surface area contributed by atoms with Gasteiger partial charge in [-0.05, 0) is 47.5 Å². The number of nitrogens with zero attached hydrogens (tertiary/aromatic N) is 1. The molecule has 1 heterocycles. The van der Waals surface area contributed by atoms with Gasteiger partial charge in [0.25, 0.3) is 5.91 Å². The van der Waals surface area contributed by atoms with E-state index >= 15 is 0 Å². The fourth-order valence-corrected chi connectivity index (χ4v) is 3.82. The van der Waals surface area contributed by atoms with E-state index in [1.54, 1.807) is 30.0 Å². The minimum atomic E-state index is -0.433. The first-order valence-corrected chi connectivity index (χ1v) is 10.6. The molecule has 6 nitrogen and oxygen atoms in total. The predicted molar refractivity (Wildman–Crippen MR) is 118 cm³/mol. The molecule has 0 saturated heterocycles. The average Bonchev–Trinajstić information content (AvgIpc) is 3.19. The molecule has 0 fully saturated rings. The molecule has 3 aromatic carbocycles. The SMILES string of the molecule is O=C(Cc1cccc(F)c1)NNC(=O)c1ccc(CSc2nc3ccccc3[nH]2)cc1. The van der Waals surface area contributed by atoms with Gasteiger partial charge in [-0.2, -0.15) is 0 Å². The van der Waals surface area contributed by atoms with Gasteiger partial charge in [0.15, 0.2) is 5.16 Å². The summed E-state index contributed by atoms with van der Waals surface area (Å²) in [5.41, 5.74) is 8.63. The number of hydrogen-bond acceptors (Lipinski definition) is 4. The molecular formula is C23H19FN4O2S. The number of imidazole rings is 1. The van der Waals surface area contributed by atoms with E-state index in [-0.39, 0.29) is 6.42 Å². The zero-order valence-corrected chi connectivity index (χ0v) is 17.2. The molecule has 0 saturated carbocycles. The van der Waals surface area contributed by atoms with Crippen LogP contribution in [0.15, 0.2) is 78.0 Å². The van der Waals surface area contributed by atoms with Crippen molar-refractivity contribution in [2.75, 3.05) is 0 Å². The quantitative estimate of drug-likeness (QED) is 0.316. The van der Waals surface area contributed by atoms with Crippen LogP contribution >= 0.6 is 11.8 Å². The summed E-state index contributed by atoms with van der Waals surface area (Å²) in [7, 11) is 0. The van der Waals surface area contributed by atoms with Gasteiger partial charge in [0.2, 0.25) is 5.91 Å². The number of aromatic amines is 1. The van der Waals surface area contributed by atoms with Crippen LogP contribution in [0.2, 0.25) is 0 Å². The largest absolute Gasteiger partial charge is 0.333 e. The summed E-state index contributed by atoms with van der Waals surface area (Å²) >= 11 is 1.58. The molecule has 1 aromatic heterocycles. The molecule has 4 rings (SSSR count). The van der Waals surface area contributed by atoms with Gasteiger partial charge in [0.05, 0.1) is 17.5 Å². The molecule has 0 aliphatic rings. The van der Waals surface area contributed by atoms with Gasteiger partial charge in [0.1, 0.15) is 5.82 Å². The summed E-state index contributed by atoms with van der Waals surface area (Å²) in [5, 5.41) is 0.837. The number of fused-ring (bicyclic) bond motifs is 1. The summed E-state index contributed by atoms with van der Waals surface area (Å²) < 4.78 is 13.2. The number of thioether (sulfide) groups is 1. The molecule has 0 bridgehead atoms. The third-order valence-electron chi connectivity index (χ3n) is 4.53. The summed E-state index contributed by atoms with van der Waals surface area (Å²) in [6.45, 7) is 0. The van der Waals surface area contributed by atoms with Crippen molar-refractivity contribution in [2.45, 2.75) is 17.3 Å². The molecule has 0 radical (unpaired) electrons. The van der Waals surface area contributed by atoms with Crippen LogP contribution in [-0.2, 0) is 17.0 Å². The molecule has 31 heavy (non-hydrogen) atoms. The van der Waals surface area contributed by atoms with Gasteiger partial charge >= 0.3 is 0 Å². The maximum absolute atomic E-state index is 13.2. The van der Waals surface area contributed by atoms with Crippen LogP contribution in [-0.4, -0.2) is 21.8 Å². The highest BCUT2D eigenvalue weighted by Crippen LogP contribution is 2.23. The molecule has 0 aliphatic carbocycles. The number of nitrogens with one attached hydrogen (secondary N) is 3. The van der Waals surface area contributed by atoms with E-state index in [0.717, 1.165) is 21.8 Å². The second-order valence-corrected chi connectivity index (χ2v) is 7.82. The van der Waals surface area contributed by atoms with Crippen LogP contribution in [0.25, 0.3) is 11.0 Å². The van der Waals surface area contributed by atoms with E-state index in [0.29, 0.717) is 16.9 Å². The van der Waals surface area contributed by atoms with Gasteiger partial charge < -0.3 is 4.98 Å². The highest BCUT2D eigenvalue weighted by molar-refractivity contribution is 7.98. The van der Waals surface area contributed by atoms with E-state index in [2.05, 4.69) is 20.8 Å². The van der Waals surface area contributed by atoms with Crippen molar-refractivity contribution in [1.82, 2.24) is 20.8 Å². The van der Waals surface area contributed by atoms with E-state index in [1.807, 2.05) is 36.4 Å². The summed E-state index contributed by atoms with van der Waals surface area (Å²) in [6, 6.07) is 20.7. The van der Waals surface area contributed by atoms with E-state index in [4.69, 9.17) is 0 Å². The van der Waals surface area contributed by atoms with Crippen LogP contribution < -0.4 is 10.9 Å². The van der Waals surface area contributed by atoms with Gasteiger partial charge in [-0.15, -0.1) is 0 Å². The fourth-order valence-electron chi connectivity index (χ4n) is 2.98. The number of para-hydroxylation sites is 2. The smallest absolute Gasteiger partial charge is 0.269 e. The number of rotatable bonds is 6. The van der Waals surface area contributed by atoms with Crippen molar-refractivity contribution in [1.29, 1.82) is 0 Å². The van der Waals surface area contributed by atoms with Crippen molar-refractivity contribution in [3.8, 4) is 0 Å². The Bertz CT molecular complexity index is 1190. The predicted octanol–water partition coefficient (Wildman–Crippen LogP) is 4.00. The normalized spacial score (nSPS) is 10.7. The lowest BCUT2D eigenvalue weighted by Gasteiger charge is -2.08. The molecule has 8 heteroatoms. The van der Waals surface area contributed by atoms with Crippen LogP contribution in [0.5, 0.6) is 0 Å². The first-order chi connectivity index (χ1) is 15.1. The van der Waals surface area contributed by atoms with E-state index in [9.17, 15) is 14.0 Å². The highest BCUT2D eigenvalue weighted by Gasteiger charge is 2.09. The zero-order valence-electron chi connectivity index (χ0n) is 16.4. The Morgan fingerprint density at radius 3 is 2.52 bits per heavy atom. The molecule has 156 valence electrons. The number of benzene rings is 3. The van der Waals surface area contributed by atoms with Gasteiger partial charge in [0, 0.05) is 11.3 Å². The second kappa shape index (κ2) is 9.44. The molecule has 3 N–H and O–H groups in total. The maximum Gasteiger partial charge on any atom is 0.269 e. The monoisotopic (exact) mass is 434 g/mol. The number of hydrogen-bond donors (Lipinski definition) is 3. The summed E-state index contributed by atoms with van der Waals surface area (Å²) in [5.74, 6) is -0.568. The maximum atomic E-state index is 13.2. The number of carbonyl (C=O) groups is 2. The van der Waals surface area contributed by atoms with Crippen LogP contribution in [0.1, 0.15) is 21.5 Å². The number of hydrazine groups is 1. The zero-order chi connectivity index (χ0) is 21.6. The lowest BCUT2D eigenvalue weighted by molar-refractivity contribution is -0.121. The Morgan fingerprint density at radius 1 is 0.935 bits per heavy atom. The summed E-state index contributed by atoms with van der Waals surface area (Å²) in [4.78, 5) is 32.0. The van der Waals surface area contributed by atoms with Crippen molar-refractivity contribution in [2.24, 2.45) is 0 Å². The highest BCUT2D eigenvalue weighted by atomic mass is 32.2. The molecule has 0 aliphatic heterocycles. The summed E-state index contributed by atoms with van der Waals surface area (Å²) in [6.07, 6.45) is -0.0318. The first-order valence-electron chi connectivity index (χ1n) is 9.57. The molecule has 4 aromatic rings. The van der Waals surface area contributed by atoms with Gasteiger partial charge in [-0.25, -0.2) is 9.37 Å². The second-order valence-electron chi connectivity index (χ2n) is 6.85. The van der Waals surface area contributed by atoms with Crippen LogP contribution in [0.4, 0.5) is 4.39 Å². The fraction of sp³-hybridized carbons (Fsp3) is 0.0870. The van der Waals surface area contributed by atoms with Crippen molar-refractivity contribution >= 4 is 34.6 Å². The Morgan fingerprint density at radius 2 is 1.74 bits per heavy atom. The van der Waals surface area contributed by atoms with Crippen LogP contribution in [0.3, 0.4) is 0 Å². The minimum Gasteiger partial charge on any atom is -0.333 e. The Kier molecular flexibility index (Phi) is 6.28. The average molecular weight is 434 g/mol. The number of amides is 2. The Hall–Kier alpha value is -3.65. The minimum absolute atomic E-state index is 0.0318. The standard InChI is InChI=1S/C23H19FN4O2S/c24-18-5-3-4-16(12-18)13-21(29)27-28-22(30)17-10-8-15(9-11-17)14-31-23-25-19-6-1-2-7-20(19)26-23/h1-12H,13-14H2,(H,25,26)(H,27,29)(H,28,30). The van der Waals surface area contributed by atoms with Crippen molar-refractivity contribution in [3.63, 3.8) is 0 Å². The van der Waals surface area contributed by atoms with E-state index < -0.39 is 17.6 Å². The first kappa shape index (κ1) is 20.6. The lowest BCUT2D eigenvalue weighted by atomic mass is 10.1. The Balaban J connectivity index is 1.27. The third kappa shape index (κ3) is 5.49. The molecular weight excluding hydrogens is 415 g/mol. The third-order valence-corrected chi connectivity index (χ3v) is 5.47. The number of aromatic nitrogens is 2. The van der Waals surface area contributed by atoms with Gasteiger partial charge in [-0.1, -0.05) is 48.2 Å².